The molecule has 0 aromatic heterocycles. The first-order valence-electron chi connectivity index (χ1n) is 11.2. The zero-order valence-corrected chi connectivity index (χ0v) is 22.1. The summed E-state index contributed by atoms with van der Waals surface area (Å²) in [5, 5.41) is 8.14. The fraction of sp³-hybridized carbons (Fsp3) is 0.955. The summed E-state index contributed by atoms with van der Waals surface area (Å²) in [6, 6.07) is 0. The standard InChI is InChI=1S/C22H44O3.Ba/c1-2-3-4-5-6-7-8-9-10-11-12-13-14-15-16-17-18-19-20-21-22(23)25-24;/h24H,2-21H2,1H3;. The zero-order valence-electron chi connectivity index (χ0n) is 17.6. The van der Waals surface area contributed by atoms with Crippen molar-refractivity contribution in [3.8, 4) is 0 Å². The van der Waals surface area contributed by atoms with Crippen LogP contribution in [-0.4, -0.2) is 60.1 Å². The number of hydrogen-bond donors (Lipinski definition) is 1. The third-order valence-corrected chi connectivity index (χ3v) is 5.09. The number of rotatable bonds is 20. The van der Waals surface area contributed by atoms with Gasteiger partial charge in [-0.2, -0.15) is 5.26 Å². The Morgan fingerprint density at radius 1 is 0.577 bits per heavy atom. The Hall–Kier alpha value is 1.00. The molecule has 0 unspecified atom stereocenters. The van der Waals surface area contributed by atoms with Gasteiger partial charge < -0.3 is 4.89 Å². The molecule has 0 aromatic carbocycles. The summed E-state index contributed by atoms with van der Waals surface area (Å²) < 4.78 is 0. The second-order valence-electron chi connectivity index (χ2n) is 7.58. The van der Waals surface area contributed by atoms with Crippen LogP contribution in [0.2, 0.25) is 0 Å². The third kappa shape index (κ3) is 25.0. The van der Waals surface area contributed by atoms with Crippen molar-refractivity contribution < 1.29 is 14.9 Å². The van der Waals surface area contributed by atoms with E-state index in [1.165, 1.54) is 109 Å². The van der Waals surface area contributed by atoms with Crippen molar-refractivity contribution in [2.75, 3.05) is 0 Å². The smallest absolute Gasteiger partial charge is 0.301 e. The molecule has 0 saturated carbocycles. The Balaban J connectivity index is 0. The van der Waals surface area contributed by atoms with Gasteiger partial charge in [-0.1, -0.05) is 122 Å². The summed E-state index contributed by atoms with van der Waals surface area (Å²) >= 11 is 0. The predicted octanol–water partition coefficient (Wildman–Crippen LogP) is 7.44. The molecule has 0 amide bonds. The molecule has 0 rings (SSSR count). The molecule has 0 atom stereocenters. The van der Waals surface area contributed by atoms with E-state index in [-0.39, 0.29) is 48.9 Å². The second-order valence-corrected chi connectivity index (χ2v) is 7.58. The Kier molecular flexibility index (Phi) is 29.2. The minimum absolute atomic E-state index is 0. The number of carbonyl (C=O) groups is 1. The van der Waals surface area contributed by atoms with E-state index < -0.39 is 5.97 Å². The Morgan fingerprint density at radius 2 is 0.846 bits per heavy atom. The van der Waals surface area contributed by atoms with Crippen LogP contribution < -0.4 is 0 Å². The van der Waals surface area contributed by atoms with Gasteiger partial charge in [0.25, 0.3) is 0 Å². The van der Waals surface area contributed by atoms with Crippen LogP contribution >= 0.6 is 0 Å². The summed E-state index contributed by atoms with van der Waals surface area (Å²) in [6.45, 7) is 2.28. The van der Waals surface area contributed by atoms with Gasteiger partial charge in [-0.25, -0.2) is 4.79 Å². The third-order valence-electron chi connectivity index (χ3n) is 5.09. The first kappa shape index (κ1) is 29.2. The minimum atomic E-state index is -0.507. The monoisotopic (exact) mass is 494 g/mol. The minimum Gasteiger partial charge on any atom is -0.301 e. The molecule has 0 spiro atoms. The largest absolute Gasteiger partial charge is 0.342 e. The molecule has 3 nitrogen and oxygen atoms in total. The van der Waals surface area contributed by atoms with Crippen molar-refractivity contribution >= 4 is 54.9 Å². The van der Waals surface area contributed by atoms with E-state index in [0.29, 0.717) is 6.42 Å². The molecule has 152 valence electrons. The molecule has 1 N–H and O–H groups in total. The van der Waals surface area contributed by atoms with Crippen LogP contribution in [0, 0.1) is 0 Å². The number of hydrogen-bond acceptors (Lipinski definition) is 3. The molecule has 26 heavy (non-hydrogen) atoms. The second kappa shape index (κ2) is 26.0. The fourth-order valence-electron chi connectivity index (χ4n) is 3.39. The van der Waals surface area contributed by atoms with Crippen LogP contribution in [0.15, 0.2) is 0 Å². The first-order valence-corrected chi connectivity index (χ1v) is 11.2. The van der Waals surface area contributed by atoms with Crippen molar-refractivity contribution in [2.45, 2.75) is 135 Å². The van der Waals surface area contributed by atoms with Gasteiger partial charge in [0.1, 0.15) is 0 Å². The van der Waals surface area contributed by atoms with Gasteiger partial charge in [-0.3, -0.25) is 0 Å². The van der Waals surface area contributed by atoms with Gasteiger partial charge in [0.15, 0.2) is 0 Å². The van der Waals surface area contributed by atoms with Crippen LogP contribution in [0.4, 0.5) is 0 Å². The maximum Gasteiger partial charge on any atom is 0.342 e. The first-order chi connectivity index (χ1) is 12.3. The zero-order chi connectivity index (χ0) is 18.4. The summed E-state index contributed by atoms with van der Waals surface area (Å²) in [6.07, 6.45) is 25.9. The normalized spacial score (nSPS) is 10.5. The van der Waals surface area contributed by atoms with Crippen LogP contribution in [0.1, 0.15) is 135 Å². The number of unbranched alkanes of at least 4 members (excludes halogenated alkanes) is 18. The molecule has 4 heteroatoms. The van der Waals surface area contributed by atoms with Crippen molar-refractivity contribution in [3.63, 3.8) is 0 Å². The molecule has 2 radical (unpaired) electrons. The molecule has 0 fully saturated rings. The maximum absolute atomic E-state index is 10.7. The molecule has 0 aliphatic heterocycles. The summed E-state index contributed by atoms with van der Waals surface area (Å²) in [5.41, 5.74) is 0. The van der Waals surface area contributed by atoms with Crippen molar-refractivity contribution in [1.82, 2.24) is 0 Å². The van der Waals surface area contributed by atoms with Gasteiger partial charge >= 0.3 is 5.97 Å². The fourth-order valence-corrected chi connectivity index (χ4v) is 3.39. The molecule has 0 saturated heterocycles. The van der Waals surface area contributed by atoms with Gasteiger partial charge in [0.2, 0.25) is 0 Å². The van der Waals surface area contributed by atoms with Gasteiger partial charge in [0, 0.05) is 55.3 Å². The van der Waals surface area contributed by atoms with Gasteiger partial charge in [-0.05, 0) is 6.42 Å². The average molecular weight is 494 g/mol. The van der Waals surface area contributed by atoms with Crippen molar-refractivity contribution in [3.05, 3.63) is 0 Å². The van der Waals surface area contributed by atoms with Crippen molar-refractivity contribution in [2.24, 2.45) is 0 Å². The Labute approximate surface area is 203 Å². The number of carbonyl (C=O) groups excluding carboxylic acids is 1. The van der Waals surface area contributed by atoms with Crippen LogP contribution in [0.25, 0.3) is 0 Å². The molecule has 0 bridgehead atoms. The van der Waals surface area contributed by atoms with E-state index in [9.17, 15) is 4.79 Å². The van der Waals surface area contributed by atoms with E-state index in [2.05, 4.69) is 11.8 Å². The topological polar surface area (TPSA) is 46.5 Å². The van der Waals surface area contributed by atoms with Crippen LogP contribution in [0.5, 0.6) is 0 Å². The van der Waals surface area contributed by atoms with Crippen LogP contribution in [0.3, 0.4) is 0 Å². The maximum atomic E-state index is 10.7. The molecule has 0 aliphatic rings. The molecular formula is C22H44BaO3. The van der Waals surface area contributed by atoms with E-state index in [0.717, 1.165) is 12.8 Å². The quantitative estimate of drug-likeness (QED) is 0.0829. The summed E-state index contributed by atoms with van der Waals surface area (Å²) in [4.78, 5) is 14.4. The van der Waals surface area contributed by atoms with E-state index in [1.807, 2.05) is 0 Å². The van der Waals surface area contributed by atoms with E-state index in [1.54, 1.807) is 0 Å². The van der Waals surface area contributed by atoms with Crippen molar-refractivity contribution in [1.29, 1.82) is 0 Å². The SMILES string of the molecule is CCCCCCCCCCCCCCCCCCCCCC(=O)OO.[Ba]. The summed E-state index contributed by atoms with van der Waals surface area (Å²) in [7, 11) is 0. The predicted molar refractivity (Wildman–Crippen MR) is 112 cm³/mol. The Morgan fingerprint density at radius 3 is 1.12 bits per heavy atom. The van der Waals surface area contributed by atoms with E-state index in [4.69, 9.17) is 5.26 Å². The summed E-state index contributed by atoms with van der Waals surface area (Å²) in [5.74, 6) is -0.507. The average Bonchev–Trinajstić information content (AvgIpc) is 2.63. The molecule has 0 heterocycles. The van der Waals surface area contributed by atoms with E-state index >= 15 is 0 Å². The Bertz CT molecular complexity index is 272. The van der Waals surface area contributed by atoms with Crippen LogP contribution in [-0.2, 0) is 9.68 Å². The molecule has 0 aromatic rings. The molecular weight excluding hydrogens is 450 g/mol. The van der Waals surface area contributed by atoms with Gasteiger partial charge in [-0.15, -0.1) is 0 Å². The van der Waals surface area contributed by atoms with Gasteiger partial charge in [0.05, 0.1) is 0 Å². The molecule has 0 aliphatic carbocycles.